The van der Waals surface area contributed by atoms with E-state index in [0.29, 0.717) is 13.1 Å². The van der Waals surface area contributed by atoms with E-state index in [4.69, 9.17) is 10.5 Å². The zero-order valence-electron chi connectivity index (χ0n) is 14.9. The maximum absolute atomic E-state index is 13.8. The number of hydrogen-bond acceptors (Lipinski definition) is 5. The molecule has 0 bridgehead atoms. The number of halogens is 2. The molecule has 6 nitrogen and oxygen atoms in total. The number of rotatable bonds is 4. The van der Waals surface area contributed by atoms with Gasteiger partial charge in [0.2, 0.25) is 5.91 Å². The van der Waals surface area contributed by atoms with Crippen LogP contribution in [-0.4, -0.2) is 55.2 Å². The Morgan fingerprint density at radius 1 is 1.30 bits per heavy atom. The lowest BCUT2D eigenvalue weighted by molar-refractivity contribution is -0.130. The van der Waals surface area contributed by atoms with Crippen molar-refractivity contribution in [3.8, 4) is 12.1 Å². The summed E-state index contributed by atoms with van der Waals surface area (Å²) in [5.74, 6) is -0.775. The van der Waals surface area contributed by atoms with Crippen LogP contribution in [-0.2, 0) is 4.79 Å². The number of nitriles is 2. The number of hydrogen-bond donors (Lipinski definition) is 1. The first-order valence-corrected chi connectivity index (χ1v) is 9.03. The molecule has 1 aromatic carbocycles. The van der Waals surface area contributed by atoms with Crippen LogP contribution in [0, 0.1) is 28.5 Å². The van der Waals surface area contributed by atoms with E-state index < -0.39 is 18.0 Å². The molecule has 1 aromatic rings. The first-order valence-electron chi connectivity index (χ1n) is 9.03. The standard InChI is InChI=1S/C19H21F2N5O/c20-14-7-17(10-23)26(12-14)19(27)11-24-15-3-5-25(6-4-15)16-2-1-13(9-22)18(21)8-16/h1-2,8,14-15,17,24H,3-7,11-12H2/t14-,17-/m0/s1. The molecule has 2 aliphatic heterocycles. The lowest BCUT2D eigenvalue weighted by atomic mass is 10.0. The van der Waals surface area contributed by atoms with Crippen LogP contribution in [0.25, 0.3) is 0 Å². The summed E-state index contributed by atoms with van der Waals surface area (Å²) in [7, 11) is 0. The minimum absolute atomic E-state index is 0.0125. The van der Waals surface area contributed by atoms with Crippen molar-refractivity contribution in [2.75, 3.05) is 31.1 Å². The van der Waals surface area contributed by atoms with Gasteiger partial charge in [0.05, 0.1) is 24.7 Å². The second kappa shape index (κ2) is 8.32. The number of nitrogens with zero attached hydrogens (tertiary/aromatic N) is 4. The van der Waals surface area contributed by atoms with Crippen molar-refractivity contribution < 1.29 is 13.6 Å². The van der Waals surface area contributed by atoms with Crippen molar-refractivity contribution in [3.05, 3.63) is 29.6 Å². The molecule has 1 N–H and O–H groups in total. The van der Waals surface area contributed by atoms with Crippen LogP contribution in [0.3, 0.4) is 0 Å². The topological polar surface area (TPSA) is 83.2 Å². The fraction of sp³-hybridized carbons (Fsp3) is 0.526. The van der Waals surface area contributed by atoms with E-state index in [2.05, 4.69) is 5.32 Å². The Labute approximate surface area is 157 Å². The number of carbonyl (C=O) groups excluding carboxylic acids is 1. The van der Waals surface area contributed by atoms with E-state index in [1.165, 1.54) is 17.0 Å². The molecule has 27 heavy (non-hydrogen) atoms. The molecule has 0 spiro atoms. The van der Waals surface area contributed by atoms with Crippen molar-refractivity contribution in [2.24, 2.45) is 0 Å². The van der Waals surface area contributed by atoms with Gasteiger partial charge in [0.25, 0.3) is 0 Å². The Morgan fingerprint density at radius 2 is 2.04 bits per heavy atom. The van der Waals surface area contributed by atoms with Crippen LogP contribution in [0.5, 0.6) is 0 Å². The lowest BCUT2D eigenvalue weighted by Gasteiger charge is -2.34. The second-order valence-electron chi connectivity index (χ2n) is 6.94. The molecule has 2 fully saturated rings. The summed E-state index contributed by atoms with van der Waals surface area (Å²) < 4.78 is 27.2. The van der Waals surface area contributed by atoms with Gasteiger partial charge in [-0.25, -0.2) is 8.78 Å². The second-order valence-corrected chi connectivity index (χ2v) is 6.94. The van der Waals surface area contributed by atoms with Gasteiger partial charge in [-0.1, -0.05) is 0 Å². The van der Waals surface area contributed by atoms with Crippen LogP contribution in [0.1, 0.15) is 24.8 Å². The molecular weight excluding hydrogens is 352 g/mol. The largest absolute Gasteiger partial charge is 0.371 e. The normalized spacial score (nSPS) is 23.1. The van der Waals surface area contributed by atoms with E-state index in [0.717, 1.165) is 18.5 Å². The van der Waals surface area contributed by atoms with Gasteiger partial charge in [0.15, 0.2) is 0 Å². The number of carbonyl (C=O) groups is 1. The number of piperidine rings is 1. The van der Waals surface area contributed by atoms with Crippen LogP contribution in [0.15, 0.2) is 18.2 Å². The molecule has 2 aliphatic rings. The SMILES string of the molecule is N#Cc1ccc(N2CCC(NCC(=O)N3C[C@@H](F)C[C@H]3C#N)CC2)cc1F. The molecule has 142 valence electrons. The zero-order valence-corrected chi connectivity index (χ0v) is 14.9. The summed E-state index contributed by atoms with van der Waals surface area (Å²) in [5, 5.41) is 21.0. The number of nitrogens with one attached hydrogen (secondary N) is 1. The Balaban J connectivity index is 1.47. The number of likely N-dealkylation sites (tertiary alicyclic amines) is 1. The zero-order chi connectivity index (χ0) is 19.4. The number of anilines is 1. The molecule has 0 aliphatic carbocycles. The van der Waals surface area contributed by atoms with Gasteiger partial charge in [-0.2, -0.15) is 10.5 Å². The number of alkyl halides is 1. The molecule has 0 unspecified atom stereocenters. The van der Waals surface area contributed by atoms with Gasteiger partial charge >= 0.3 is 0 Å². The highest BCUT2D eigenvalue weighted by Crippen LogP contribution is 2.23. The molecule has 0 aromatic heterocycles. The molecule has 8 heteroatoms. The highest BCUT2D eigenvalue weighted by molar-refractivity contribution is 5.79. The third kappa shape index (κ3) is 4.35. The third-order valence-electron chi connectivity index (χ3n) is 5.19. The van der Waals surface area contributed by atoms with Gasteiger partial charge in [-0.05, 0) is 31.0 Å². The van der Waals surface area contributed by atoms with Gasteiger partial charge in [-0.15, -0.1) is 0 Å². The quantitative estimate of drug-likeness (QED) is 0.869. The lowest BCUT2D eigenvalue weighted by Crippen LogP contribution is -2.47. The smallest absolute Gasteiger partial charge is 0.237 e. The van der Waals surface area contributed by atoms with Gasteiger partial charge in [0.1, 0.15) is 24.1 Å². The van der Waals surface area contributed by atoms with E-state index in [1.807, 2.05) is 17.0 Å². The van der Waals surface area contributed by atoms with Gasteiger partial charge in [0, 0.05) is 31.2 Å². The summed E-state index contributed by atoms with van der Waals surface area (Å²) in [4.78, 5) is 15.6. The third-order valence-corrected chi connectivity index (χ3v) is 5.19. The average molecular weight is 373 g/mol. The number of benzene rings is 1. The summed E-state index contributed by atoms with van der Waals surface area (Å²) in [5.41, 5.74) is 0.769. The monoisotopic (exact) mass is 373 g/mol. The van der Waals surface area contributed by atoms with Gasteiger partial charge in [-0.3, -0.25) is 4.79 Å². The Morgan fingerprint density at radius 3 is 2.67 bits per heavy atom. The van der Waals surface area contributed by atoms with E-state index in [-0.39, 0.29) is 37.0 Å². The summed E-state index contributed by atoms with van der Waals surface area (Å²) >= 11 is 0. The minimum Gasteiger partial charge on any atom is -0.371 e. The Hall–Kier alpha value is -2.71. The fourth-order valence-electron chi connectivity index (χ4n) is 3.65. The maximum atomic E-state index is 13.8. The van der Waals surface area contributed by atoms with Crippen LogP contribution < -0.4 is 10.2 Å². The van der Waals surface area contributed by atoms with Crippen molar-refractivity contribution in [1.82, 2.24) is 10.2 Å². The summed E-state index contributed by atoms with van der Waals surface area (Å²) in [6.45, 7) is 1.48. The molecule has 2 saturated heterocycles. The highest BCUT2D eigenvalue weighted by atomic mass is 19.1. The summed E-state index contributed by atoms with van der Waals surface area (Å²) in [6.07, 6.45) is 0.515. The highest BCUT2D eigenvalue weighted by Gasteiger charge is 2.35. The predicted octanol–water partition coefficient (Wildman–Crippen LogP) is 1.72. The first kappa shape index (κ1) is 19.1. The number of amides is 1. The fourth-order valence-corrected chi connectivity index (χ4v) is 3.65. The molecule has 3 rings (SSSR count). The van der Waals surface area contributed by atoms with Crippen molar-refractivity contribution in [2.45, 2.75) is 37.5 Å². The van der Waals surface area contributed by atoms with Crippen molar-refractivity contribution >= 4 is 11.6 Å². The molecule has 0 saturated carbocycles. The minimum atomic E-state index is -1.13. The first-order chi connectivity index (χ1) is 13.0. The van der Waals surface area contributed by atoms with Crippen LogP contribution in [0.4, 0.5) is 14.5 Å². The average Bonchev–Trinajstić information content (AvgIpc) is 3.07. The Bertz CT molecular complexity index is 779. The molecule has 1 amide bonds. The van der Waals surface area contributed by atoms with Crippen molar-refractivity contribution in [3.63, 3.8) is 0 Å². The summed E-state index contributed by atoms with van der Waals surface area (Å²) in [6, 6.07) is 7.84. The predicted molar refractivity (Wildman–Crippen MR) is 95.0 cm³/mol. The Kier molecular flexibility index (Phi) is 5.88. The van der Waals surface area contributed by atoms with E-state index >= 15 is 0 Å². The van der Waals surface area contributed by atoms with Gasteiger partial charge < -0.3 is 15.1 Å². The van der Waals surface area contributed by atoms with Crippen molar-refractivity contribution in [1.29, 1.82) is 10.5 Å². The molecule has 2 heterocycles. The molecular formula is C19H21F2N5O. The molecule has 0 radical (unpaired) electrons. The molecule has 2 atom stereocenters. The van der Waals surface area contributed by atoms with E-state index in [1.54, 1.807) is 6.07 Å². The van der Waals surface area contributed by atoms with Crippen LogP contribution >= 0.6 is 0 Å². The van der Waals surface area contributed by atoms with E-state index in [9.17, 15) is 13.6 Å². The van der Waals surface area contributed by atoms with Crippen LogP contribution in [0.2, 0.25) is 0 Å². The maximum Gasteiger partial charge on any atom is 0.237 e.